The lowest BCUT2D eigenvalue weighted by Crippen LogP contribution is -2.28. The second kappa shape index (κ2) is 8.40. The number of benzene rings is 2. The molecule has 0 N–H and O–H groups in total. The van der Waals surface area contributed by atoms with Crippen molar-refractivity contribution in [1.29, 1.82) is 0 Å². The largest absolute Gasteiger partial charge is 0.342 e. The zero-order valence-corrected chi connectivity index (χ0v) is 12.7. The molecular formula is C21H19N. The molecule has 0 saturated heterocycles. The smallest absolute Gasteiger partial charge is 0.117 e. The van der Waals surface area contributed by atoms with E-state index in [9.17, 15) is 0 Å². The van der Waals surface area contributed by atoms with Crippen molar-refractivity contribution in [3.05, 3.63) is 78.4 Å². The predicted molar refractivity (Wildman–Crippen MR) is 94.4 cm³/mol. The van der Waals surface area contributed by atoms with Gasteiger partial charge in [-0.1, -0.05) is 72.4 Å². The molecule has 0 saturated carbocycles. The van der Waals surface area contributed by atoms with Gasteiger partial charge in [0.25, 0.3) is 0 Å². The molecule has 2 aromatic carbocycles. The number of hydrogen-bond acceptors (Lipinski definition) is 1. The Bertz CT molecular complexity index is 696. The second-order valence-electron chi connectivity index (χ2n) is 4.77. The van der Waals surface area contributed by atoms with E-state index in [1.807, 2.05) is 55.5 Å². The van der Waals surface area contributed by atoms with Crippen molar-refractivity contribution in [3.63, 3.8) is 0 Å². The molecular weight excluding hydrogens is 266 g/mol. The first-order valence-corrected chi connectivity index (χ1v) is 7.29. The highest BCUT2D eigenvalue weighted by atomic mass is 15.2. The minimum absolute atomic E-state index is 0.0733. The molecule has 0 aromatic heterocycles. The summed E-state index contributed by atoms with van der Waals surface area (Å²) in [6.45, 7) is 2.47. The predicted octanol–water partition coefficient (Wildman–Crippen LogP) is 4.45. The van der Waals surface area contributed by atoms with Gasteiger partial charge < -0.3 is 4.90 Å². The van der Waals surface area contributed by atoms with Crippen molar-refractivity contribution in [1.82, 2.24) is 0 Å². The molecule has 22 heavy (non-hydrogen) atoms. The SMILES string of the molecule is C#CCN(c1ccccc1)C(C#C/C=C/C)c1ccccc1. The van der Waals surface area contributed by atoms with Crippen LogP contribution < -0.4 is 4.90 Å². The summed E-state index contributed by atoms with van der Waals surface area (Å²) >= 11 is 0. The zero-order valence-electron chi connectivity index (χ0n) is 12.7. The van der Waals surface area contributed by atoms with Crippen LogP contribution in [0.1, 0.15) is 18.5 Å². The lowest BCUT2D eigenvalue weighted by Gasteiger charge is -2.29. The Labute approximate surface area is 133 Å². The summed E-state index contributed by atoms with van der Waals surface area (Å²) in [6, 6.07) is 20.3. The van der Waals surface area contributed by atoms with Crippen LogP contribution in [0, 0.1) is 24.2 Å². The molecule has 1 unspecified atom stereocenters. The summed E-state index contributed by atoms with van der Waals surface area (Å²) < 4.78 is 0. The Morgan fingerprint density at radius 2 is 1.68 bits per heavy atom. The molecule has 1 nitrogen and oxygen atoms in total. The molecule has 2 aromatic rings. The number of terminal acetylenes is 1. The molecule has 2 rings (SSSR count). The third-order valence-electron chi connectivity index (χ3n) is 3.25. The standard InChI is InChI=1S/C21H19N/c1-3-5-8-17-21(19-13-9-6-10-14-19)22(18-4-2)20-15-11-7-12-16-20/h2-3,5-7,9-16,21H,18H2,1H3/b5-3+. The fourth-order valence-corrected chi connectivity index (χ4v) is 2.24. The summed E-state index contributed by atoms with van der Waals surface area (Å²) in [7, 11) is 0. The molecule has 0 radical (unpaired) electrons. The number of para-hydroxylation sites is 1. The summed E-state index contributed by atoms with van der Waals surface area (Å²) in [6.07, 6.45) is 9.37. The topological polar surface area (TPSA) is 3.24 Å². The van der Waals surface area contributed by atoms with Crippen LogP contribution >= 0.6 is 0 Å². The average Bonchev–Trinajstić information content (AvgIpc) is 2.59. The van der Waals surface area contributed by atoms with Crippen molar-refractivity contribution < 1.29 is 0 Å². The van der Waals surface area contributed by atoms with Crippen LogP contribution in [-0.4, -0.2) is 6.54 Å². The van der Waals surface area contributed by atoms with Gasteiger partial charge in [-0.2, -0.15) is 0 Å². The van der Waals surface area contributed by atoms with Crippen LogP contribution in [-0.2, 0) is 0 Å². The first-order chi connectivity index (χ1) is 10.9. The maximum absolute atomic E-state index is 5.58. The van der Waals surface area contributed by atoms with Crippen LogP contribution in [0.25, 0.3) is 0 Å². The highest BCUT2D eigenvalue weighted by Crippen LogP contribution is 2.26. The highest BCUT2D eigenvalue weighted by molar-refractivity contribution is 5.52. The van der Waals surface area contributed by atoms with Gasteiger partial charge in [-0.3, -0.25) is 0 Å². The minimum Gasteiger partial charge on any atom is -0.342 e. The van der Waals surface area contributed by atoms with Gasteiger partial charge in [0.1, 0.15) is 6.04 Å². The van der Waals surface area contributed by atoms with E-state index in [-0.39, 0.29) is 6.04 Å². The van der Waals surface area contributed by atoms with Crippen LogP contribution in [0.5, 0.6) is 0 Å². The monoisotopic (exact) mass is 285 g/mol. The van der Waals surface area contributed by atoms with Gasteiger partial charge in [0, 0.05) is 5.69 Å². The minimum atomic E-state index is -0.0733. The van der Waals surface area contributed by atoms with Crippen molar-refractivity contribution in [2.45, 2.75) is 13.0 Å². The van der Waals surface area contributed by atoms with E-state index >= 15 is 0 Å². The molecule has 0 aliphatic carbocycles. The van der Waals surface area contributed by atoms with E-state index in [1.165, 1.54) is 0 Å². The van der Waals surface area contributed by atoms with Crippen LogP contribution in [0.2, 0.25) is 0 Å². The fourth-order valence-electron chi connectivity index (χ4n) is 2.24. The molecule has 0 amide bonds. The second-order valence-corrected chi connectivity index (χ2v) is 4.77. The lowest BCUT2D eigenvalue weighted by atomic mass is 10.0. The van der Waals surface area contributed by atoms with Gasteiger partial charge in [0.2, 0.25) is 0 Å². The molecule has 0 bridgehead atoms. The van der Waals surface area contributed by atoms with Gasteiger partial charge in [-0.15, -0.1) is 6.42 Å². The third kappa shape index (κ3) is 4.05. The molecule has 0 spiro atoms. The maximum atomic E-state index is 5.58. The van der Waals surface area contributed by atoms with E-state index in [0.29, 0.717) is 6.54 Å². The average molecular weight is 285 g/mol. The molecule has 1 atom stereocenters. The van der Waals surface area contributed by atoms with Crippen molar-refractivity contribution in [2.24, 2.45) is 0 Å². The summed E-state index contributed by atoms with van der Waals surface area (Å²) in [4.78, 5) is 2.14. The number of rotatable bonds is 4. The summed E-state index contributed by atoms with van der Waals surface area (Å²) in [5.74, 6) is 9.16. The maximum Gasteiger partial charge on any atom is 0.117 e. The first-order valence-electron chi connectivity index (χ1n) is 7.29. The molecule has 0 heterocycles. The highest BCUT2D eigenvalue weighted by Gasteiger charge is 2.17. The Balaban J connectivity index is 2.45. The van der Waals surface area contributed by atoms with Crippen molar-refractivity contribution >= 4 is 5.69 Å². The molecule has 0 fully saturated rings. The first kappa shape index (κ1) is 15.5. The Morgan fingerprint density at radius 3 is 2.27 bits per heavy atom. The van der Waals surface area contributed by atoms with Gasteiger partial charge in [-0.25, -0.2) is 0 Å². The quantitative estimate of drug-likeness (QED) is 0.750. The molecule has 0 aliphatic rings. The van der Waals surface area contributed by atoms with E-state index in [0.717, 1.165) is 11.3 Å². The van der Waals surface area contributed by atoms with Crippen LogP contribution in [0.4, 0.5) is 5.69 Å². The normalized spacial score (nSPS) is 11.3. The van der Waals surface area contributed by atoms with Gasteiger partial charge in [0.15, 0.2) is 0 Å². The Kier molecular flexibility index (Phi) is 5.91. The molecule has 1 heteroatoms. The van der Waals surface area contributed by atoms with Crippen LogP contribution in [0.3, 0.4) is 0 Å². The number of hydrogen-bond donors (Lipinski definition) is 0. The van der Waals surface area contributed by atoms with E-state index in [1.54, 1.807) is 0 Å². The van der Waals surface area contributed by atoms with Crippen molar-refractivity contribution in [2.75, 3.05) is 11.4 Å². The van der Waals surface area contributed by atoms with Gasteiger partial charge in [-0.05, 0) is 30.7 Å². The molecule has 108 valence electrons. The number of nitrogens with zero attached hydrogens (tertiary/aromatic N) is 1. The Hall–Kier alpha value is -2.90. The van der Waals surface area contributed by atoms with E-state index in [4.69, 9.17) is 6.42 Å². The van der Waals surface area contributed by atoms with E-state index in [2.05, 4.69) is 46.9 Å². The van der Waals surface area contributed by atoms with E-state index < -0.39 is 0 Å². The zero-order chi connectivity index (χ0) is 15.6. The summed E-state index contributed by atoms with van der Waals surface area (Å²) in [5, 5.41) is 0. The van der Waals surface area contributed by atoms with Crippen LogP contribution in [0.15, 0.2) is 72.8 Å². The van der Waals surface area contributed by atoms with Gasteiger partial charge in [0.05, 0.1) is 6.54 Å². The number of anilines is 1. The van der Waals surface area contributed by atoms with Crippen molar-refractivity contribution in [3.8, 4) is 24.2 Å². The lowest BCUT2D eigenvalue weighted by molar-refractivity contribution is 0.800. The fraction of sp³-hybridized carbons (Fsp3) is 0.143. The number of allylic oxidation sites excluding steroid dienone is 2. The van der Waals surface area contributed by atoms with Gasteiger partial charge >= 0.3 is 0 Å². The third-order valence-corrected chi connectivity index (χ3v) is 3.25. The Morgan fingerprint density at radius 1 is 1.05 bits per heavy atom. The molecule has 0 aliphatic heterocycles. The summed E-state index contributed by atoms with van der Waals surface area (Å²) in [5.41, 5.74) is 2.21.